The number of aliphatic carboxylic acids is 1. The van der Waals surface area contributed by atoms with Gasteiger partial charge in [-0.25, -0.2) is 8.42 Å². The second kappa shape index (κ2) is 11.5. The zero-order chi connectivity index (χ0) is 26.7. The lowest BCUT2D eigenvalue weighted by Gasteiger charge is -2.52. The highest BCUT2D eigenvalue weighted by atomic mass is 35.5. The number of hydrogen-bond donors (Lipinski definition) is 1. The number of likely N-dealkylation sites (tertiary alicyclic amines) is 1. The maximum absolute atomic E-state index is 14.1. The first-order valence-corrected chi connectivity index (χ1v) is 14.7. The fraction of sp³-hybridized carbons (Fsp3) is 0.481. The minimum absolute atomic E-state index is 0.0276. The van der Waals surface area contributed by atoms with Gasteiger partial charge in [0, 0.05) is 27.8 Å². The lowest BCUT2D eigenvalue weighted by Crippen LogP contribution is -2.56. The number of carboxylic acids is 1. The summed E-state index contributed by atoms with van der Waals surface area (Å²) < 4.78 is 24.7. The molecule has 0 radical (unpaired) electrons. The molecule has 0 aliphatic carbocycles. The normalized spacial score (nSPS) is 23.5. The summed E-state index contributed by atoms with van der Waals surface area (Å²) in [4.78, 5) is 27.7. The highest BCUT2D eigenvalue weighted by Crippen LogP contribution is 2.52. The first kappa shape index (κ1) is 28.5. The van der Waals surface area contributed by atoms with Crippen molar-refractivity contribution in [3.63, 3.8) is 0 Å². The van der Waals surface area contributed by atoms with Crippen molar-refractivity contribution in [3.05, 3.63) is 69.7 Å². The van der Waals surface area contributed by atoms with Crippen LogP contribution in [0.3, 0.4) is 0 Å². The summed E-state index contributed by atoms with van der Waals surface area (Å²) in [5.74, 6) is -1.61. The van der Waals surface area contributed by atoms with Crippen molar-refractivity contribution in [2.75, 3.05) is 11.5 Å². The van der Waals surface area contributed by atoms with E-state index in [1.165, 1.54) is 0 Å². The molecule has 9 heteroatoms. The monoisotopic (exact) mass is 553 g/mol. The first-order valence-electron chi connectivity index (χ1n) is 12.2. The number of carbonyl (C=O) groups is 2. The number of sulfone groups is 1. The van der Waals surface area contributed by atoms with Gasteiger partial charge in [-0.1, -0.05) is 68.2 Å². The van der Waals surface area contributed by atoms with Gasteiger partial charge in [0.05, 0.1) is 23.6 Å². The van der Waals surface area contributed by atoms with E-state index in [1.807, 2.05) is 37.3 Å². The number of piperidine rings is 1. The topological polar surface area (TPSA) is 91.8 Å². The van der Waals surface area contributed by atoms with Crippen LogP contribution < -0.4 is 0 Å². The van der Waals surface area contributed by atoms with Crippen molar-refractivity contribution in [3.8, 4) is 0 Å². The van der Waals surface area contributed by atoms with E-state index >= 15 is 0 Å². The molecule has 6 nitrogen and oxygen atoms in total. The molecule has 36 heavy (non-hydrogen) atoms. The van der Waals surface area contributed by atoms with Gasteiger partial charge >= 0.3 is 5.97 Å². The van der Waals surface area contributed by atoms with Gasteiger partial charge in [-0.05, 0) is 54.7 Å². The van der Waals surface area contributed by atoms with Crippen LogP contribution in [-0.4, -0.2) is 47.8 Å². The van der Waals surface area contributed by atoms with Gasteiger partial charge < -0.3 is 10.0 Å². The fourth-order valence-electron chi connectivity index (χ4n) is 5.28. The minimum atomic E-state index is -3.25. The molecule has 0 saturated carbocycles. The Bertz CT molecular complexity index is 1200. The molecular formula is C27H33Cl2NO5S. The molecule has 1 aliphatic heterocycles. The van der Waals surface area contributed by atoms with Gasteiger partial charge in [-0.15, -0.1) is 0 Å². The quantitative estimate of drug-likeness (QED) is 0.381. The Morgan fingerprint density at radius 1 is 1.11 bits per heavy atom. The summed E-state index contributed by atoms with van der Waals surface area (Å²) in [6.07, 6.45) is 0.788. The van der Waals surface area contributed by atoms with Gasteiger partial charge in [-0.2, -0.15) is 0 Å². The average Bonchev–Trinajstić information content (AvgIpc) is 2.82. The maximum atomic E-state index is 14.1. The van der Waals surface area contributed by atoms with E-state index < -0.39 is 33.3 Å². The third-order valence-corrected chi connectivity index (χ3v) is 9.42. The molecule has 1 amide bonds. The Morgan fingerprint density at radius 2 is 1.78 bits per heavy atom. The lowest BCUT2D eigenvalue weighted by molar-refractivity contribution is -0.160. The Kier molecular flexibility index (Phi) is 9.12. The Labute approximate surface area is 223 Å². The van der Waals surface area contributed by atoms with Gasteiger partial charge in [-0.3, -0.25) is 9.59 Å². The first-order chi connectivity index (χ1) is 16.9. The van der Waals surface area contributed by atoms with Crippen LogP contribution in [0.5, 0.6) is 0 Å². The molecule has 1 heterocycles. The molecule has 1 N–H and O–H groups in total. The minimum Gasteiger partial charge on any atom is -0.481 e. The summed E-state index contributed by atoms with van der Waals surface area (Å²) in [7, 11) is -3.25. The number of rotatable bonds is 10. The number of carboxylic acid groups (broad SMARTS) is 1. The van der Waals surface area contributed by atoms with Crippen LogP contribution >= 0.6 is 23.2 Å². The molecule has 196 valence electrons. The van der Waals surface area contributed by atoms with Crippen LogP contribution in [0.2, 0.25) is 10.0 Å². The van der Waals surface area contributed by atoms with Crippen LogP contribution in [-0.2, 0) is 19.4 Å². The number of halogens is 2. The van der Waals surface area contributed by atoms with Crippen molar-refractivity contribution in [2.24, 2.45) is 5.41 Å². The highest BCUT2D eigenvalue weighted by Gasteiger charge is 2.52. The molecular weight excluding hydrogens is 521 g/mol. The third-order valence-electron chi connectivity index (χ3n) is 7.20. The zero-order valence-corrected chi connectivity index (χ0v) is 23.1. The summed E-state index contributed by atoms with van der Waals surface area (Å²) in [5, 5.41) is 10.8. The van der Waals surface area contributed by atoms with Crippen LogP contribution in [0, 0.1) is 5.41 Å². The predicted molar refractivity (Wildman–Crippen MR) is 143 cm³/mol. The largest absolute Gasteiger partial charge is 0.481 e. The van der Waals surface area contributed by atoms with Crippen molar-refractivity contribution < 1.29 is 23.1 Å². The number of hydrogen-bond acceptors (Lipinski definition) is 4. The van der Waals surface area contributed by atoms with E-state index in [4.69, 9.17) is 23.2 Å². The molecule has 3 rings (SSSR count). The molecule has 2 aromatic carbocycles. The van der Waals surface area contributed by atoms with Crippen LogP contribution in [0.25, 0.3) is 0 Å². The Balaban J connectivity index is 2.20. The second-order valence-electron chi connectivity index (χ2n) is 9.79. The smallest absolute Gasteiger partial charge is 0.304 e. The molecule has 1 aliphatic rings. The van der Waals surface area contributed by atoms with E-state index in [0.29, 0.717) is 22.9 Å². The zero-order valence-electron chi connectivity index (χ0n) is 20.8. The fourth-order valence-corrected chi connectivity index (χ4v) is 6.53. The summed E-state index contributed by atoms with van der Waals surface area (Å²) in [6, 6.07) is 13.9. The van der Waals surface area contributed by atoms with Gasteiger partial charge in [0.2, 0.25) is 5.91 Å². The van der Waals surface area contributed by atoms with Crippen molar-refractivity contribution in [1.82, 2.24) is 4.90 Å². The summed E-state index contributed by atoms with van der Waals surface area (Å²) in [5.41, 5.74) is 0.582. The third kappa shape index (κ3) is 6.42. The van der Waals surface area contributed by atoms with Crippen molar-refractivity contribution >= 4 is 44.9 Å². The molecule has 2 aromatic rings. The standard InChI is InChI=1S/C27H33Cl2NO5S/c1-4-22(13-14-36(34,35)5-2)30-25(18-9-11-20(28)12-10-18)23(19-7-6-8-21(29)15-19)16-27(3,26(30)33)17-24(31)32/h6-12,15,22-23,25H,4-5,13-14,16-17H2,1-3H3,(H,31,32)/t22-,23?,25?,27+/m0/s1. The molecule has 0 aromatic heterocycles. The van der Waals surface area contributed by atoms with E-state index in [2.05, 4.69) is 0 Å². The molecule has 4 atom stereocenters. The number of carbonyl (C=O) groups excluding carboxylic acids is 1. The molecule has 0 bridgehead atoms. The van der Waals surface area contributed by atoms with E-state index in [9.17, 15) is 23.1 Å². The lowest BCUT2D eigenvalue weighted by atomic mass is 9.67. The number of amides is 1. The van der Waals surface area contributed by atoms with Crippen molar-refractivity contribution in [1.29, 1.82) is 0 Å². The van der Waals surface area contributed by atoms with E-state index in [0.717, 1.165) is 11.1 Å². The van der Waals surface area contributed by atoms with Gasteiger partial charge in [0.15, 0.2) is 0 Å². The Hall–Kier alpha value is -2.09. The molecule has 1 saturated heterocycles. The highest BCUT2D eigenvalue weighted by molar-refractivity contribution is 7.91. The summed E-state index contributed by atoms with van der Waals surface area (Å²) in [6.45, 7) is 5.23. The Morgan fingerprint density at radius 3 is 2.33 bits per heavy atom. The SMILES string of the molecule is CC[C@@H](CCS(=O)(=O)CC)N1C(=O)[C@@](C)(CC(=O)O)CC(c2cccc(Cl)c2)C1c1ccc(Cl)cc1. The predicted octanol–water partition coefficient (Wildman–Crippen LogP) is 6.14. The van der Waals surface area contributed by atoms with Gasteiger partial charge in [0.25, 0.3) is 0 Å². The van der Waals surface area contributed by atoms with E-state index in [-0.39, 0.29) is 36.2 Å². The number of benzene rings is 2. The molecule has 0 spiro atoms. The summed E-state index contributed by atoms with van der Waals surface area (Å²) >= 11 is 12.5. The molecule has 1 fully saturated rings. The molecule has 2 unspecified atom stereocenters. The second-order valence-corrected chi connectivity index (χ2v) is 13.1. The average molecular weight is 555 g/mol. The van der Waals surface area contributed by atoms with Crippen molar-refractivity contribution in [2.45, 2.75) is 64.5 Å². The van der Waals surface area contributed by atoms with Crippen LogP contribution in [0.15, 0.2) is 48.5 Å². The van der Waals surface area contributed by atoms with Gasteiger partial charge in [0.1, 0.15) is 9.84 Å². The maximum Gasteiger partial charge on any atom is 0.304 e. The van der Waals surface area contributed by atoms with Crippen LogP contribution in [0.1, 0.15) is 69.5 Å². The number of nitrogens with zero attached hydrogens (tertiary/aromatic N) is 1. The van der Waals surface area contributed by atoms with Crippen LogP contribution in [0.4, 0.5) is 0 Å². The van der Waals surface area contributed by atoms with E-state index in [1.54, 1.807) is 36.9 Å².